The normalized spacial score (nSPS) is 19.8. The Morgan fingerprint density at radius 2 is 2.36 bits per heavy atom. The summed E-state index contributed by atoms with van der Waals surface area (Å²) < 4.78 is 7.69. The van der Waals surface area contributed by atoms with Crippen molar-refractivity contribution in [2.24, 2.45) is 12.0 Å². The van der Waals surface area contributed by atoms with Crippen LogP contribution in [-0.2, 0) is 11.8 Å². The summed E-state index contributed by atoms with van der Waals surface area (Å²) in [4.78, 5) is 8.86. The molecule has 1 aromatic rings. The fourth-order valence-electron chi connectivity index (χ4n) is 2.58. The predicted octanol–water partition coefficient (Wildman–Crippen LogP) is 0.321. The Kier molecular flexibility index (Phi) is 6.21. The lowest BCUT2D eigenvalue weighted by Gasteiger charge is -2.34. The van der Waals surface area contributed by atoms with Gasteiger partial charge in [-0.15, -0.1) is 0 Å². The molecule has 7 nitrogen and oxygen atoms in total. The van der Waals surface area contributed by atoms with Gasteiger partial charge in [0.25, 0.3) is 0 Å². The van der Waals surface area contributed by atoms with Crippen LogP contribution in [0.15, 0.2) is 17.4 Å². The van der Waals surface area contributed by atoms with Gasteiger partial charge < -0.3 is 19.9 Å². The number of rotatable bonds is 5. The number of hydrogen-bond acceptors (Lipinski definition) is 4. The van der Waals surface area contributed by atoms with Gasteiger partial charge in [0.2, 0.25) is 0 Å². The highest BCUT2D eigenvalue weighted by molar-refractivity contribution is 5.80. The Labute approximate surface area is 132 Å². The third-order valence-corrected chi connectivity index (χ3v) is 3.74. The van der Waals surface area contributed by atoms with Crippen LogP contribution in [0.3, 0.4) is 0 Å². The van der Waals surface area contributed by atoms with Crippen molar-refractivity contribution in [2.75, 3.05) is 53.9 Å². The molecule has 0 bridgehead atoms. The predicted molar refractivity (Wildman–Crippen MR) is 88.0 cm³/mol. The second-order valence-corrected chi connectivity index (χ2v) is 5.88. The van der Waals surface area contributed by atoms with Crippen LogP contribution in [0, 0.1) is 0 Å². The maximum Gasteiger partial charge on any atom is 0.193 e. The number of aliphatic imine (C=N–C) groups is 1. The maximum absolute atomic E-state index is 5.87. The van der Waals surface area contributed by atoms with Crippen LogP contribution in [0.25, 0.3) is 0 Å². The second-order valence-electron chi connectivity index (χ2n) is 5.88. The van der Waals surface area contributed by atoms with Gasteiger partial charge in [0, 0.05) is 38.9 Å². The van der Waals surface area contributed by atoms with Gasteiger partial charge in [0.15, 0.2) is 5.96 Å². The van der Waals surface area contributed by atoms with Crippen molar-refractivity contribution < 1.29 is 4.74 Å². The van der Waals surface area contributed by atoms with E-state index in [2.05, 4.69) is 39.3 Å². The number of hydrogen-bond donors (Lipinski definition) is 1. The van der Waals surface area contributed by atoms with E-state index in [9.17, 15) is 0 Å². The van der Waals surface area contributed by atoms with Crippen molar-refractivity contribution in [1.82, 2.24) is 24.9 Å². The molecule has 2 rings (SSSR count). The average molecular weight is 308 g/mol. The Morgan fingerprint density at radius 3 is 3.00 bits per heavy atom. The van der Waals surface area contributed by atoms with E-state index in [1.165, 1.54) is 0 Å². The quantitative estimate of drug-likeness (QED) is 0.482. The van der Waals surface area contributed by atoms with E-state index in [-0.39, 0.29) is 6.10 Å². The summed E-state index contributed by atoms with van der Waals surface area (Å²) in [6, 6.07) is 0. The summed E-state index contributed by atoms with van der Waals surface area (Å²) in [5.74, 6) is 0.955. The van der Waals surface area contributed by atoms with Crippen molar-refractivity contribution in [1.29, 1.82) is 0 Å². The maximum atomic E-state index is 5.87. The lowest BCUT2D eigenvalue weighted by molar-refractivity contribution is -0.00802. The highest BCUT2D eigenvalue weighted by atomic mass is 16.5. The van der Waals surface area contributed by atoms with Crippen LogP contribution < -0.4 is 5.32 Å². The van der Waals surface area contributed by atoms with Gasteiger partial charge >= 0.3 is 0 Å². The van der Waals surface area contributed by atoms with E-state index < -0.39 is 0 Å². The molecule has 1 atom stereocenters. The van der Waals surface area contributed by atoms with Crippen molar-refractivity contribution in [3.8, 4) is 0 Å². The van der Waals surface area contributed by atoms with Crippen molar-refractivity contribution in [3.63, 3.8) is 0 Å². The first kappa shape index (κ1) is 16.8. The number of aryl methyl sites for hydroxylation is 1. The molecule has 0 amide bonds. The smallest absolute Gasteiger partial charge is 0.193 e. The van der Waals surface area contributed by atoms with E-state index >= 15 is 0 Å². The zero-order chi connectivity index (χ0) is 15.9. The van der Waals surface area contributed by atoms with E-state index in [0.29, 0.717) is 6.61 Å². The molecule has 1 aliphatic heterocycles. The molecule has 1 N–H and O–H groups in total. The summed E-state index contributed by atoms with van der Waals surface area (Å²) in [5.41, 5.74) is 1.12. The van der Waals surface area contributed by atoms with Gasteiger partial charge in [-0.2, -0.15) is 5.10 Å². The first-order chi connectivity index (χ1) is 10.6. The Bertz CT molecular complexity index is 484. The lowest BCUT2D eigenvalue weighted by atomic mass is 10.1. The molecule has 1 fully saturated rings. The van der Waals surface area contributed by atoms with Crippen LogP contribution in [0.2, 0.25) is 0 Å². The zero-order valence-corrected chi connectivity index (χ0v) is 14.1. The molecule has 0 spiro atoms. The van der Waals surface area contributed by atoms with Crippen LogP contribution in [0.5, 0.6) is 0 Å². The first-order valence-corrected chi connectivity index (χ1v) is 7.80. The van der Waals surface area contributed by atoms with E-state index in [4.69, 9.17) is 4.74 Å². The van der Waals surface area contributed by atoms with Crippen molar-refractivity contribution >= 4 is 5.96 Å². The highest BCUT2D eigenvalue weighted by Gasteiger charge is 2.24. The SMILES string of the molecule is CN=C(NCCCN(C)C)N1CCOC(c2cnn(C)c2)C1. The lowest BCUT2D eigenvalue weighted by Crippen LogP contribution is -2.48. The molecule has 0 aliphatic carbocycles. The zero-order valence-electron chi connectivity index (χ0n) is 14.1. The minimum Gasteiger partial charge on any atom is -0.370 e. The van der Waals surface area contributed by atoms with Crippen LogP contribution in [0.1, 0.15) is 18.1 Å². The number of aromatic nitrogens is 2. The topological polar surface area (TPSA) is 57.9 Å². The number of nitrogens with zero attached hydrogens (tertiary/aromatic N) is 5. The highest BCUT2D eigenvalue weighted by Crippen LogP contribution is 2.21. The third kappa shape index (κ3) is 4.71. The Balaban J connectivity index is 1.86. The van der Waals surface area contributed by atoms with Crippen molar-refractivity contribution in [3.05, 3.63) is 18.0 Å². The molecule has 0 radical (unpaired) electrons. The molecule has 0 aromatic carbocycles. The molecular formula is C15H28N6O. The van der Waals surface area contributed by atoms with Gasteiger partial charge in [-0.3, -0.25) is 9.67 Å². The molecule has 124 valence electrons. The molecule has 2 heterocycles. The molecule has 1 aliphatic rings. The molecule has 0 saturated carbocycles. The fourth-order valence-corrected chi connectivity index (χ4v) is 2.58. The van der Waals surface area contributed by atoms with E-state index in [1.54, 1.807) is 0 Å². The molecule has 1 unspecified atom stereocenters. The monoisotopic (exact) mass is 308 g/mol. The molecule has 1 saturated heterocycles. The Morgan fingerprint density at radius 1 is 1.55 bits per heavy atom. The van der Waals surface area contributed by atoms with Crippen molar-refractivity contribution in [2.45, 2.75) is 12.5 Å². The number of nitrogens with one attached hydrogen (secondary N) is 1. The summed E-state index contributed by atoms with van der Waals surface area (Å²) in [6.07, 6.45) is 5.05. The second kappa shape index (κ2) is 8.14. The standard InChI is InChI=1S/C15H28N6O/c1-16-15(17-6-5-7-19(2)3)21-8-9-22-14(12-21)13-10-18-20(4)11-13/h10-11,14H,5-9,12H2,1-4H3,(H,16,17). The van der Waals surface area contributed by atoms with Gasteiger partial charge in [-0.05, 0) is 27.1 Å². The number of morpholine rings is 1. The molecule has 1 aromatic heterocycles. The largest absolute Gasteiger partial charge is 0.370 e. The minimum atomic E-state index is 0.0581. The molecular weight excluding hydrogens is 280 g/mol. The van der Waals surface area contributed by atoms with Crippen LogP contribution >= 0.6 is 0 Å². The summed E-state index contributed by atoms with van der Waals surface area (Å²) in [6.45, 7) is 4.38. The number of guanidine groups is 1. The Hall–Kier alpha value is -1.60. The van der Waals surface area contributed by atoms with Gasteiger partial charge in [-0.1, -0.05) is 0 Å². The third-order valence-electron chi connectivity index (χ3n) is 3.74. The van der Waals surface area contributed by atoms with Gasteiger partial charge in [0.1, 0.15) is 6.10 Å². The number of ether oxygens (including phenoxy) is 1. The van der Waals surface area contributed by atoms with Crippen LogP contribution in [0.4, 0.5) is 0 Å². The summed E-state index contributed by atoms with van der Waals surface area (Å²) >= 11 is 0. The van der Waals surface area contributed by atoms with Gasteiger partial charge in [-0.25, -0.2) is 0 Å². The fraction of sp³-hybridized carbons (Fsp3) is 0.733. The molecule has 22 heavy (non-hydrogen) atoms. The summed E-state index contributed by atoms with van der Waals surface area (Å²) in [7, 11) is 7.95. The van der Waals surface area contributed by atoms with Gasteiger partial charge in [0.05, 0.1) is 19.3 Å². The molecule has 7 heteroatoms. The summed E-state index contributed by atoms with van der Waals surface area (Å²) in [5, 5.41) is 7.67. The minimum absolute atomic E-state index is 0.0581. The van der Waals surface area contributed by atoms with E-state index in [1.807, 2.05) is 31.2 Å². The van der Waals surface area contributed by atoms with E-state index in [0.717, 1.165) is 44.1 Å². The average Bonchev–Trinajstić information content (AvgIpc) is 2.94. The first-order valence-electron chi connectivity index (χ1n) is 7.80. The van der Waals surface area contributed by atoms with Crippen LogP contribution in [-0.4, -0.2) is 79.5 Å².